The molecule has 1 atom stereocenters. The summed E-state index contributed by atoms with van der Waals surface area (Å²) in [7, 11) is 1.32. The fourth-order valence-corrected chi connectivity index (χ4v) is 2.82. The number of methoxy groups -OCH3 is 1. The summed E-state index contributed by atoms with van der Waals surface area (Å²) in [4.78, 5) is 29.2. The second-order valence-corrected chi connectivity index (χ2v) is 6.12. The lowest BCUT2D eigenvalue weighted by atomic mass is 10.0. The molecule has 3 rings (SSSR count). The molecule has 1 heterocycles. The molecule has 3 aromatic rings. The molecule has 2 aromatic carbocycles. The van der Waals surface area contributed by atoms with Gasteiger partial charge in [0.1, 0.15) is 6.04 Å². The van der Waals surface area contributed by atoms with Crippen molar-refractivity contribution in [3.8, 4) is 0 Å². The van der Waals surface area contributed by atoms with E-state index in [0.29, 0.717) is 17.5 Å². The van der Waals surface area contributed by atoms with Gasteiger partial charge in [-0.3, -0.25) is 9.78 Å². The Hall–Kier alpha value is -3.21. The van der Waals surface area contributed by atoms with E-state index in [1.165, 1.54) is 7.11 Å². The minimum atomic E-state index is -0.769. The van der Waals surface area contributed by atoms with Crippen molar-refractivity contribution in [3.05, 3.63) is 77.5 Å². The average molecular weight is 348 g/mol. The van der Waals surface area contributed by atoms with Gasteiger partial charge in [-0.1, -0.05) is 48.0 Å². The van der Waals surface area contributed by atoms with E-state index in [1.54, 1.807) is 18.3 Å². The summed E-state index contributed by atoms with van der Waals surface area (Å²) in [6.45, 7) is 2.00. The Morgan fingerprint density at radius 2 is 1.81 bits per heavy atom. The van der Waals surface area contributed by atoms with Crippen LogP contribution in [0.2, 0.25) is 0 Å². The monoisotopic (exact) mass is 348 g/mol. The molecule has 0 saturated heterocycles. The lowest BCUT2D eigenvalue weighted by molar-refractivity contribution is -0.142. The van der Waals surface area contributed by atoms with Crippen LogP contribution in [-0.2, 0) is 16.0 Å². The zero-order valence-corrected chi connectivity index (χ0v) is 14.7. The summed E-state index contributed by atoms with van der Waals surface area (Å²) < 4.78 is 4.86. The molecule has 0 saturated carbocycles. The number of fused-ring (bicyclic) bond motifs is 1. The van der Waals surface area contributed by atoms with Crippen LogP contribution in [-0.4, -0.2) is 30.0 Å². The van der Waals surface area contributed by atoms with Gasteiger partial charge in [0.05, 0.1) is 18.2 Å². The lowest BCUT2D eigenvalue weighted by Crippen LogP contribution is -2.43. The molecule has 0 unspecified atom stereocenters. The van der Waals surface area contributed by atoms with Gasteiger partial charge in [0.25, 0.3) is 5.91 Å². The normalized spacial score (nSPS) is 11.8. The quantitative estimate of drug-likeness (QED) is 0.720. The maximum absolute atomic E-state index is 12.8. The van der Waals surface area contributed by atoms with Crippen LogP contribution in [0.15, 0.2) is 60.8 Å². The predicted octanol–water partition coefficient (Wildman–Crippen LogP) is 3.06. The number of aromatic nitrogens is 1. The van der Waals surface area contributed by atoms with Gasteiger partial charge in [-0.05, 0) is 24.6 Å². The number of para-hydroxylation sites is 1. The third-order valence-corrected chi connectivity index (χ3v) is 4.23. The Bertz CT molecular complexity index is 930. The van der Waals surface area contributed by atoms with Crippen LogP contribution in [0.25, 0.3) is 10.9 Å². The molecule has 5 heteroatoms. The molecule has 0 bridgehead atoms. The summed E-state index contributed by atoms with van der Waals surface area (Å²) in [6.07, 6.45) is 2.00. The molecule has 1 aromatic heterocycles. The Labute approximate surface area is 152 Å². The van der Waals surface area contributed by atoms with E-state index >= 15 is 0 Å². The molecule has 26 heavy (non-hydrogen) atoms. The highest BCUT2D eigenvalue weighted by Crippen LogP contribution is 2.16. The molecule has 132 valence electrons. The second kappa shape index (κ2) is 7.78. The Balaban J connectivity index is 1.85. The fourth-order valence-electron chi connectivity index (χ4n) is 2.82. The fraction of sp³-hybridized carbons (Fsp3) is 0.190. The van der Waals surface area contributed by atoms with E-state index in [2.05, 4.69) is 10.3 Å². The van der Waals surface area contributed by atoms with Crippen molar-refractivity contribution >= 4 is 22.8 Å². The minimum absolute atomic E-state index is 0.350. The number of nitrogens with zero attached hydrogens (tertiary/aromatic N) is 1. The van der Waals surface area contributed by atoms with Crippen molar-refractivity contribution in [1.29, 1.82) is 0 Å². The van der Waals surface area contributed by atoms with Gasteiger partial charge < -0.3 is 10.1 Å². The van der Waals surface area contributed by atoms with Crippen molar-refractivity contribution in [2.75, 3.05) is 7.11 Å². The summed E-state index contributed by atoms with van der Waals surface area (Å²) in [5.74, 6) is -0.830. The number of carbonyl (C=O) groups is 2. The molecule has 1 amide bonds. The molecule has 0 fully saturated rings. The van der Waals surface area contributed by atoms with Crippen LogP contribution in [0, 0.1) is 6.92 Å². The first-order chi connectivity index (χ1) is 12.6. The Morgan fingerprint density at radius 1 is 1.08 bits per heavy atom. The molecule has 0 aliphatic carbocycles. The van der Waals surface area contributed by atoms with E-state index < -0.39 is 12.0 Å². The summed E-state index contributed by atoms with van der Waals surface area (Å²) in [5.41, 5.74) is 3.11. The first kappa shape index (κ1) is 17.6. The Morgan fingerprint density at radius 3 is 2.54 bits per heavy atom. The van der Waals surface area contributed by atoms with E-state index in [0.717, 1.165) is 16.5 Å². The van der Waals surface area contributed by atoms with Crippen LogP contribution >= 0.6 is 0 Å². The molecule has 5 nitrogen and oxygen atoms in total. The summed E-state index contributed by atoms with van der Waals surface area (Å²) in [6, 6.07) is 16.2. The van der Waals surface area contributed by atoms with Crippen molar-refractivity contribution in [3.63, 3.8) is 0 Å². The molecule has 0 aliphatic heterocycles. The van der Waals surface area contributed by atoms with Crippen LogP contribution < -0.4 is 5.32 Å². The van der Waals surface area contributed by atoms with Gasteiger partial charge in [0.2, 0.25) is 0 Å². The first-order valence-corrected chi connectivity index (χ1v) is 8.36. The third-order valence-electron chi connectivity index (χ3n) is 4.23. The van der Waals surface area contributed by atoms with Crippen LogP contribution in [0.4, 0.5) is 0 Å². The highest BCUT2D eigenvalue weighted by Gasteiger charge is 2.23. The van der Waals surface area contributed by atoms with Gasteiger partial charge in [-0.2, -0.15) is 0 Å². The molecular formula is C21H20N2O3. The smallest absolute Gasteiger partial charge is 0.328 e. The molecule has 0 spiro atoms. The maximum Gasteiger partial charge on any atom is 0.328 e. The van der Waals surface area contributed by atoms with E-state index in [1.807, 2.05) is 49.4 Å². The number of ether oxygens (including phenoxy) is 1. The number of amides is 1. The van der Waals surface area contributed by atoms with E-state index in [4.69, 9.17) is 4.74 Å². The van der Waals surface area contributed by atoms with Crippen molar-refractivity contribution in [2.24, 2.45) is 0 Å². The third kappa shape index (κ3) is 3.88. The van der Waals surface area contributed by atoms with Gasteiger partial charge in [-0.15, -0.1) is 0 Å². The van der Waals surface area contributed by atoms with Gasteiger partial charge in [-0.25, -0.2) is 4.79 Å². The van der Waals surface area contributed by atoms with Crippen LogP contribution in [0.1, 0.15) is 21.5 Å². The minimum Gasteiger partial charge on any atom is -0.467 e. The maximum atomic E-state index is 12.8. The SMILES string of the molecule is COC(=O)[C@H](Cc1ccc(C)cc1)NC(=O)c1cccc2cccnc12. The van der Waals surface area contributed by atoms with E-state index in [-0.39, 0.29) is 5.91 Å². The van der Waals surface area contributed by atoms with Crippen molar-refractivity contribution in [2.45, 2.75) is 19.4 Å². The van der Waals surface area contributed by atoms with Crippen LogP contribution in [0.3, 0.4) is 0 Å². The average Bonchev–Trinajstić information content (AvgIpc) is 2.68. The number of benzene rings is 2. The lowest BCUT2D eigenvalue weighted by Gasteiger charge is -2.17. The van der Waals surface area contributed by atoms with E-state index in [9.17, 15) is 9.59 Å². The standard InChI is InChI=1S/C21H20N2O3/c1-14-8-10-15(11-9-14)13-18(21(25)26-2)23-20(24)17-7-3-5-16-6-4-12-22-19(16)17/h3-12,18H,13H2,1-2H3,(H,23,24)/t18-/m0/s1. The Kier molecular flexibility index (Phi) is 5.27. The molecule has 0 radical (unpaired) electrons. The second-order valence-electron chi connectivity index (χ2n) is 6.12. The van der Waals surface area contributed by atoms with Crippen molar-refractivity contribution < 1.29 is 14.3 Å². The number of esters is 1. The summed E-state index contributed by atoms with van der Waals surface area (Å²) in [5, 5.41) is 3.65. The highest BCUT2D eigenvalue weighted by atomic mass is 16.5. The topological polar surface area (TPSA) is 68.3 Å². The van der Waals surface area contributed by atoms with Crippen LogP contribution in [0.5, 0.6) is 0 Å². The molecule has 1 N–H and O–H groups in total. The molecular weight excluding hydrogens is 328 g/mol. The van der Waals surface area contributed by atoms with Gasteiger partial charge in [0, 0.05) is 18.0 Å². The predicted molar refractivity (Wildman–Crippen MR) is 99.9 cm³/mol. The number of pyridine rings is 1. The first-order valence-electron chi connectivity index (χ1n) is 8.36. The van der Waals surface area contributed by atoms with Gasteiger partial charge in [0.15, 0.2) is 0 Å². The van der Waals surface area contributed by atoms with Crippen molar-refractivity contribution in [1.82, 2.24) is 10.3 Å². The van der Waals surface area contributed by atoms with Gasteiger partial charge >= 0.3 is 5.97 Å². The summed E-state index contributed by atoms with van der Waals surface area (Å²) >= 11 is 0. The molecule has 0 aliphatic rings. The largest absolute Gasteiger partial charge is 0.467 e. The number of nitrogens with one attached hydrogen (secondary N) is 1. The number of aryl methyl sites for hydroxylation is 1. The zero-order chi connectivity index (χ0) is 18.5. The number of hydrogen-bond acceptors (Lipinski definition) is 4. The highest BCUT2D eigenvalue weighted by molar-refractivity contribution is 6.06. The number of rotatable bonds is 5. The number of hydrogen-bond donors (Lipinski definition) is 1. The number of carbonyl (C=O) groups excluding carboxylic acids is 2. The zero-order valence-electron chi connectivity index (χ0n) is 14.7.